The molecule has 144 valence electrons. The molecule has 0 bridgehead atoms. The van der Waals surface area contributed by atoms with Gasteiger partial charge in [0, 0.05) is 25.2 Å². The van der Waals surface area contributed by atoms with Gasteiger partial charge in [-0.3, -0.25) is 4.79 Å². The van der Waals surface area contributed by atoms with E-state index >= 15 is 0 Å². The minimum atomic E-state index is -0.711. The van der Waals surface area contributed by atoms with E-state index in [-0.39, 0.29) is 23.2 Å². The second-order valence-electron chi connectivity index (χ2n) is 8.61. The fraction of sp³-hybridized carbons (Fsp3) is 0.667. The van der Waals surface area contributed by atoms with Gasteiger partial charge in [-0.25, -0.2) is 4.39 Å². The first-order chi connectivity index (χ1) is 12.3. The Morgan fingerprint density at radius 3 is 2.42 bits per heavy atom. The van der Waals surface area contributed by atoms with E-state index in [0.717, 1.165) is 26.0 Å². The topological polar surface area (TPSA) is 32.8 Å². The molecule has 5 heteroatoms. The van der Waals surface area contributed by atoms with Crippen LogP contribution in [0.3, 0.4) is 0 Å². The van der Waals surface area contributed by atoms with E-state index in [2.05, 4.69) is 18.7 Å². The Labute approximate surface area is 156 Å². The van der Waals surface area contributed by atoms with Crippen LogP contribution in [0.1, 0.15) is 38.7 Å². The van der Waals surface area contributed by atoms with E-state index < -0.39 is 5.41 Å². The average Bonchev–Trinajstić information content (AvgIpc) is 3.18. The Balaban J connectivity index is 1.65. The Bertz CT molecular complexity index is 653. The number of hydrogen-bond acceptors (Lipinski definition) is 3. The third-order valence-electron chi connectivity index (χ3n) is 6.06. The molecule has 0 unspecified atom stereocenters. The van der Waals surface area contributed by atoms with Crippen LogP contribution in [-0.2, 0) is 14.9 Å². The lowest BCUT2D eigenvalue weighted by atomic mass is 9.85. The Morgan fingerprint density at radius 1 is 1.27 bits per heavy atom. The number of hydrogen-bond donors (Lipinski definition) is 0. The molecule has 2 fully saturated rings. The third-order valence-corrected chi connectivity index (χ3v) is 6.06. The molecule has 1 aromatic carbocycles. The SMILES string of the molecule is CN(C)CCOC1CCN(C(=O)[C@]2(c3ccccc3F)CC2(C)C)CC1. The Kier molecular flexibility index (Phi) is 5.40. The lowest BCUT2D eigenvalue weighted by Crippen LogP contribution is -2.47. The number of rotatable bonds is 6. The van der Waals surface area contributed by atoms with Crippen molar-refractivity contribution >= 4 is 5.91 Å². The second-order valence-corrected chi connectivity index (χ2v) is 8.61. The summed E-state index contributed by atoms with van der Waals surface area (Å²) in [4.78, 5) is 17.4. The number of ether oxygens (including phenoxy) is 1. The van der Waals surface area contributed by atoms with Crippen LogP contribution in [0.15, 0.2) is 24.3 Å². The minimum absolute atomic E-state index is 0.0827. The molecule has 1 heterocycles. The van der Waals surface area contributed by atoms with Gasteiger partial charge in [0.1, 0.15) is 5.82 Å². The molecular weight excluding hydrogens is 331 g/mol. The number of likely N-dealkylation sites (tertiary alicyclic amines) is 1. The second kappa shape index (κ2) is 7.28. The fourth-order valence-corrected chi connectivity index (χ4v) is 4.26. The molecule has 1 aliphatic heterocycles. The smallest absolute Gasteiger partial charge is 0.233 e. The van der Waals surface area contributed by atoms with E-state index in [4.69, 9.17) is 4.74 Å². The Morgan fingerprint density at radius 2 is 1.88 bits per heavy atom. The van der Waals surface area contributed by atoms with E-state index in [1.165, 1.54) is 6.07 Å². The number of carbonyl (C=O) groups is 1. The molecule has 1 atom stereocenters. The molecule has 1 saturated carbocycles. The first-order valence-electron chi connectivity index (χ1n) is 9.59. The van der Waals surface area contributed by atoms with Crippen molar-refractivity contribution in [3.8, 4) is 0 Å². The monoisotopic (exact) mass is 362 g/mol. The summed E-state index contributed by atoms with van der Waals surface area (Å²) < 4.78 is 20.4. The molecule has 0 radical (unpaired) electrons. The lowest BCUT2D eigenvalue weighted by molar-refractivity contribution is -0.137. The molecule has 1 amide bonds. The predicted octanol–water partition coefficient (Wildman–Crippen LogP) is 3.06. The highest BCUT2D eigenvalue weighted by Gasteiger charge is 2.68. The van der Waals surface area contributed by atoms with Crippen LogP contribution in [0.4, 0.5) is 4.39 Å². The van der Waals surface area contributed by atoms with Crippen LogP contribution in [-0.4, -0.2) is 62.1 Å². The Hall–Kier alpha value is -1.46. The molecule has 1 aromatic rings. The van der Waals surface area contributed by atoms with Crippen LogP contribution >= 0.6 is 0 Å². The van der Waals surface area contributed by atoms with Crippen molar-refractivity contribution in [2.45, 2.75) is 44.6 Å². The largest absolute Gasteiger partial charge is 0.377 e. The van der Waals surface area contributed by atoms with Gasteiger partial charge in [0.2, 0.25) is 5.91 Å². The van der Waals surface area contributed by atoms with Gasteiger partial charge in [0.15, 0.2) is 0 Å². The number of nitrogens with zero attached hydrogens (tertiary/aromatic N) is 2. The highest BCUT2D eigenvalue weighted by molar-refractivity contribution is 5.93. The molecule has 26 heavy (non-hydrogen) atoms. The predicted molar refractivity (Wildman–Crippen MR) is 101 cm³/mol. The number of benzene rings is 1. The summed E-state index contributed by atoms with van der Waals surface area (Å²) in [5.74, 6) is -0.187. The van der Waals surface area contributed by atoms with Gasteiger partial charge in [-0.2, -0.15) is 0 Å². The molecule has 3 rings (SSSR count). The first-order valence-corrected chi connectivity index (χ1v) is 9.59. The zero-order valence-electron chi connectivity index (χ0n) is 16.4. The maximum atomic E-state index is 14.5. The summed E-state index contributed by atoms with van der Waals surface area (Å²) in [7, 11) is 4.06. The average molecular weight is 362 g/mol. The number of carbonyl (C=O) groups excluding carboxylic acids is 1. The number of piperidine rings is 1. The molecule has 1 aliphatic carbocycles. The van der Waals surface area contributed by atoms with Crippen molar-refractivity contribution < 1.29 is 13.9 Å². The third kappa shape index (κ3) is 3.52. The van der Waals surface area contributed by atoms with Gasteiger partial charge in [0.05, 0.1) is 18.1 Å². The molecule has 1 saturated heterocycles. The van der Waals surface area contributed by atoms with Gasteiger partial charge in [-0.15, -0.1) is 0 Å². The van der Waals surface area contributed by atoms with Crippen molar-refractivity contribution in [2.75, 3.05) is 40.3 Å². The van der Waals surface area contributed by atoms with E-state index in [1.807, 2.05) is 25.1 Å². The summed E-state index contributed by atoms with van der Waals surface area (Å²) in [5.41, 5.74) is -0.359. The molecule has 2 aliphatic rings. The maximum absolute atomic E-state index is 14.5. The summed E-state index contributed by atoms with van der Waals surface area (Å²) in [6, 6.07) is 6.75. The summed E-state index contributed by atoms with van der Waals surface area (Å²) >= 11 is 0. The van der Waals surface area contributed by atoms with E-state index in [9.17, 15) is 9.18 Å². The number of amides is 1. The maximum Gasteiger partial charge on any atom is 0.233 e. The standard InChI is InChI=1S/C21H31FN2O2/c1-20(2)15-21(20,17-7-5-6-8-18(17)22)19(25)24-11-9-16(10-12-24)26-14-13-23(3)4/h5-8,16H,9-15H2,1-4H3/t21-/m1/s1. The van der Waals surface area contributed by atoms with Gasteiger partial charge < -0.3 is 14.5 Å². The van der Waals surface area contributed by atoms with Crippen molar-refractivity contribution in [3.63, 3.8) is 0 Å². The first kappa shape index (κ1) is 19.3. The number of halogens is 1. The van der Waals surface area contributed by atoms with Crippen LogP contribution in [0, 0.1) is 11.2 Å². The molecular formula is C21H31FN2O2. The van der Waals surface area contributed by atoms with Gasteiger partial charge >= 0.3 is 0 Å². The van der Waals surface area contributed by atoms with Crippen molar-refractivity contribution in [2.24, 2.45) is 5.41 Å². The molecule has 0 spiro atoms. The van der Waals surface area contributed by atoms with Crippen LogP contribution in [0.25, 0.3) is 0 Å². The van der Waals surface area contributed by atoms with Gasteiger partial charge in [-0.1, -0.05) is 32.0 Å². The van der Waals surface area contributed by atoms with E-state index in [0.29, 0.717) is 25.1 Å². The van der Waals surface area contributed by atoms with E-state index in [1.54, 1.807) is 12.1 Å². The van der Waals surface area contributed by atoms with Crippen molar-refractivity contribution in [1.29, 1.82) is 0 Å². The lowest BCUT2D eigenvalue weighted by Gasteiger charge is -2.35. The summed E-state index contributed by atoms with van der Waals surface area (Å²) in [6.07, 6.45) is 2.63. The highest BCUT2D eigenvalue weighted by atomic mass is 19.1. The van der Waals surface area contributed by atoms with Crippen LogP contribution in [0.5, 0.6) is 0 Å². The summed E-state index contributed by atoms with van der Waals surface area (Å²) in [6.45, 7) is 7.14. The number of likely N-dealkylation sites (N-methyl/N-ethyl adjacent to an activating group) is 1. The quantitative estimate of drug-likeness (QED) is 0.780. The van der Waals surface area contributed by atoms with Crippen molar-refractivity contribution in [1.82, 2.24) is 9.80 Å². The normalized spacial score (nSPS) is 25.5. The highest BCUT2D eigenvalue weighted by Crippen LogP contribution is 2.65. The van der Waals surface area contributed by atoms with Gasteiger partial charge in [-0.05, 0) is 44.8 Å². The van der Waals surface area contributed by atoms with Crippen LogP contribution in [0.2, 0.25) is 0 Å². The molecule has 0 N–H and O–H groups in total. The van der Waals surface area contributed by atoms with Crippen LogP contribution < -0.4 is 0 Å². The summed E-state index contributed by atoms with van der Waals surface area (Å²) in [5, 5.41) is 0. The van der Waals surface area contributed by atoms with Crippen molar-refractivity contribution in [3.05, 3.63) is 35.6 Å². The zero-order chi connectivity index (χ0) is 18.9. The molecule has 0 aromatic heterocycles. The zero-order valence-corrected chi connectivity index (χ0v) is 16.4. The van der Waals surface area contributed by atoms with Gasteiger partial charge in [0.25, 0.3) is 0 Å². The fourth-order valence-electron chi connectivity index (χ4n) is 4.26. The minimum Gasteiger partial charge on any atom is -0.377 e. The molecule has 4 nitrogen and oxygen atoms in total.